The van der Waals surface area contributed by atoms with Crippen molar-refractivity contribution in [2.75, 3.05) is 13.2 Å². The fourth-order valence-electron chi connectivity index (χ4n) is 2.82. The van der Waals surface area contributed by atoms with E-state index in [1.165, 1.54) is 6.08 Å². The van der Waals surface area contributed by atoms with E-state index < -0.39 is 17.8 Å². The van der Waals surface area contributed by atoms with Crippen molar-refractivity contribution >= 4 is 23.9 Å². The Hall–Kier alpha value is -3.61. The summed E-state index contributed by atoms with van der Waals surface area (Å²) in [7, 11) is 0. The lowest BCUT2D eigenvalue weighted by atomic mass is 10.1. The molecule has 28 heavy (non-hydrogen) atoms. The fraction of sp³-hybridized carbons (Fsp3) is 0.190. The Labute approximate surface area is 162 Å². The first-order valence-corrected chi connectivity index (χ1v) is 8.75. The minimum Gasteiger partial charge on any atom is -0.489 e. The van der Waals surface area contributed by atoms with Crippen molar-refractivity contribution in [3.05, 3.63) is 64.7 Å². The Balaban J connectivity index is 1.68. The van der Waals surface area contributed by atoms with E-state index in [-0.39, 0.29) is 12.2 Å². The minimum absolute atomic E-state index is 0.164. The molecule has 2 aromatic carbocycles. The average Bonchev–Trinajstić information content (AvgIpc) is 2.64. The van der Waals surface area contributed by atoms with Crippen molar-refractivity contribution in [1.29, 1.82) is 0 Å². The summed E-state index contributed by atoms with van der Waals surface area (Å²) in [6.45, 7) is 4.59. The van der Waals surface area contributed by atoms with E-state index in [1.54, 1.807) is 24.3 Å². The van der Waals surface area contributed by atoms with Gasteiger partial charge in [-0.3, -0.25) is 20.2 Å². The number of carbonyl (C=O) groups excluding carboxylic acids is 3. The number of hydrogen-bond acceptors (Lipinski definition) is 5. The third-order valence-electron chi connectivity index (χ3n) is 4.16. The van der Waals surface area contributed by atoms with Crippen LogP contribution in [0.25, 0.3) is 6.08 Å². The molecule has 0 atom stereocenters. The number of carbonyl (C=O) groups is 3. The average molecular weight is 380 g/mol. The van der Waals surface area contributed by atoms with Crippen LogP contribution in [0.1, 0.15) is 16.7 Å². The molecule has 3 rings (SSSR count). The van der Waals surface area contributed by atoms with Gasteiger partial charge in [0.2, 0.25) is 0 Å². The van der Waals surface area contributed by atoms with Gasteiger partial charge in [0, 0.05) is 5.56 Å². The zero-order valence-electron chi connectivity index (χ0n) is 15.6. The number of aryl methyl sites for hydroxylation is 2. The molecule has 1 fully saturated rings. The summed E-state index contributed by atoms with van der Waals surface area (Å²) in [5.74, 6) is -0.164. The molecule has 0 aromatic heterocycles. The Kier molecular flexibility index (Phi) is 5.74. The zero-order chi connectivity index (χ0) is 20.1. The summed E-state index contributed by atoms with van der Waals surface area (Å²) in [5.41, 5.74) is 2.48. The first kappa shape index (κ1) is 19.2. The van der Waals surface area contributed by atoms with Crippen LogP contribution in [0.3, 0.4) is 0 Å². The Morgan fingerprint density at radius 2 is 1.43 bits per heavy atom. The van der Waals surface area contributed by atoms with Gasteiger partial charge in [0.05, 0.1) is 0 Å². The van der Waals surface area contributed by atoms with Crippen LogP contribution in [-0.4, -0.2) is 31.1 Å². The summed E-state index contributed by atoms with van der Waals surface area (Å²) in [5, 5.41) is 4.08. The maximum absolute atomic E-state index is 11.9. The third-order valence-corrected chi connectivity index (χ3v) is 4.16. The third kappa shape index (κ3) is 4.37. The summed E-state index contributed by atoms with van der Waals surface area (Å²) in [6, 6.07) is 12.1. The van der Waals surface area contributed by atoms with Gasteiger partial charge < -0.3 is 9.47 Å². The number of amides is 4. The van der Waals surface area contributed by atoms with E-state index in [2.05, 4.69) is 0 Å². The highest BCUT2D eigenvalue weighted by molar-refractivity contribution is 6.31. The van der Waals surface area contributed by atoms with Gasteiger partial charge >= 0.3 is 6.03 Å². The van der Waals surface area contributed by atoms with Crippen molar-refractivity contribution in [2.24, 2.45) is 0 Å². The molecule has 1 aliphatic rings. The highest BCUT2D eigenvalue weighted by Gasteiger charge is 2.27. The van der Waals surface area contributed by atoms with E-state index in [4.69, 9.17) is 9.47 Å². The molecule has 7 heteroatoms. The summed E-state index contributed by atoms with van der Waals surface area (Å²) < 4.78 is 11.6. The topological polar surface area (TPSA) is 93.7 Å². The van der Waals surface area contributed by atoms with Gasteiger partial charge in [-0.05, 0) is 37.1 Å². The number of urea groups is 1. The first-order chi connectivity index (χ1) is 13.5. The van der Waals surface area contributed by atoms with Gasteiger partial charge in [0.15, 0.2) is 0 Å². The second-order valence-corrected chi connectivity index (χ2v) is 6.25. The van der Waals surface area contributed by atoms with Crippen molar-refractivity contribution < 1.29 is 23.9 Å². The maximum Gasteiger partial charge on any atom is 0.328 e. The van der Waals surface area contributed by atoms with Crippen molar-refractivity contribution in [3.8, 4) is 11.5 Å². The number of benzene rings is 2. The number of ether oxygens (including phenoxy) is 2. The van der Waals surface area contributed by atoms with Crippen LogP contribution in [0.4, 0.5) is 4.79 Å². The SMILES string of the molecule is Cc1cccc(C)c1OCCOc1ccccc1C=C1C(=O)NC(=O)NC1=O. The highest BCUT2D eigenvalue weighted by atomic mass is 16.5. The van der Waals surface area contributed by atoms with Gasteiger partial charge in [-0.15, -0.1) is 0 Å². The Bertz CT molecular complexity index is 923. The predicted molar refractivity (Wildman–Crippen MR) is 103 cm³/mol. The van der Waals surface area contributed by atoms with Crippen molar-refractivity contribution in [1.82, 2.24) is 10.6 Å². The van der Waals surface area contributed by atoms with Gasteiger partial charge in [-0.1, -0.05) is 36.4 Å². The Morgan fingerprint density at radius 3 is 2.11 bits per heavy atom. The molecule has 0 aliphatic carbocycles. The zero-order valence-corrected chi connectivity index (χ0v) is 15.6. The Morgan fingerprint density at radius 1 is 0.821 bits per heavy atom. The second kappa shape index (κ2) is 8.39. The lowest BCUT2D eigenvalue weighted by Crippen LogP contribution is -2.51. The first-order valence-electron chi connectivity index (χ1n) is 8.75. The summed E-state index contributed by atoms with van der Waals surface area (Å²) in [6.07, 6.45) is 1.39. The molecule has 1 heterocycles. The van der Waals surface area contributed by atoms with E-state index in [1.807, 2.05) is 42.7 Å². The molecule has 0 unspecified atom stereocenters. The molecule has 1 saturated heterocycles. The number of nitrogens with one attached hydrogen (secondary N) is 2. The molecule has 2 N–H and O–H groups in total. The van der Waals surface area contributed by atoms with Crippen LogP contribution < -0.4 is 20.1 Å². The van der Waals surface area contributed by atoms with E-state index >= 15 is 0 Å². The lowest BCUT2D eigenvalue weighted by molar-refractivity contribution is -0.123. The van der Waals surface area contributed by atoms with E-state index in [0.29, 0.717) is 17.9 Å². The minimum atomic E-state index is -0.833. The molecule has 7 nitrogen and oxygen atoms in total. The van der Waals surface area contributed by atoms with Crippen LogP contribution in [0, 0.1) is 13.8 Å². The van der Waals surface area contributed by atoms with Crippen molar-refractivity contribution in [3.63, 3.8) is 0 Å². The fourth-order valence-corrected chi connectivity index (χ4v) is 2.82. The molecule has 0 saturated carbocycles. The number of hydrogen-bond donors (Lipinski definition) is 2. The molecule has 1 aliphatic heterocycles. The van der Waals surface area contributed by atoms with Crippen molar-refractivity contribution in [2.45, 2.75) is 13.8 Å². The van der Waals surface area contributed by atoms with Crippen LogP contribution in [0.15, 0.2) is 48.0 Å². The molecular weight excluding hydrogens is 360 g/mol. The van der Waals surface area contributed by atoms with Crippen LogP contribution in [0.5, 0.6) is 11.5 Å². The number of barbiturate groups is 1. The molecule has 0 radical (unpaired) electrons. The van der Waals surface area contributed by atoms with Gasteiger partial charge in [-0.2, -0.15) is 0 Å². The maximum atomic E-state index is 11.9. The monoisotopic (exact) mass is 380 g/mol. The molecular formula is C21H20N2O5. The molecule has 144 valence electrons. The standard InChI is InChI=1S/C21H20N2O5/c1-13-6-5-7-14(2)18(13)28-11-10-27-17-9-4-3-8-15(17)12-16-19(24)22-21(26)23-20(16)25/h3-9,12H,10-11H2,1-2H3,(H2,22,23,24,25,26). The van der Waals surface area contributed by atoms with E-state index in [0.717, 1.165) is 16.9 Å². The smallest absolute Gasteiger partial charge is 0.328 e. The van der Waals surface area contributed by atoms with Gasteiger partial charge in [0.25, 0.3) is 11.8 Å². The number of imide groups is 2. The van der Waals surface area contributed by atoms with Crippen LogP contribution in [-0.2, 0) is 9.59 Å². The quantitative estimate of drug-likeness (QED) is 0.456. The number of rotatable bonds is 6. The molecule has 0 spiro atoms. The summed E-state index contributed by atoms with van der Waals surface area (Å²) in [4.78, 5) is 34.9. The van der Waals surface area contributed by atoms with Crippen LogP contribution >= 0.6 is 0 Å². The lowest BCUT2D eigenvalue weighted by Gasteiger charge is -2.15. The van der Waals surface area contributed by atoms with Gasteiger partial charge in [-0.25, -0.2) is 4.79 Å². The normalized spacial score (nSPS) is 13.6. The second-order valence-electron chi connectivity index (χ2n) is 6.25. The van der Waals surface area contributed by atoms with Gasteiger partial charge in [0.1, 0.15) is 30.3 Å². The largest absolute Gasteiger partial charge is 0.489 e. The van der Waals surface area contributed by atoms with E-state index in [9.17, 15) is 14.4 Å². The molecule has 4 amide bonds. The highest BCUT2D eigenvalue weighted by Crippen LogP contribution is 2.24. The number of para-hydroxylation sites is 2. The molecule has 2 aromatic rings. The van der Waals surface area contributed by atoms with Crippen LogP contribution in [0.2, 0.25) is 0 Å². The summed E-state index contributed by atoms with van der Waals surface area (Å²) >= 11 is 0. The predicted octanol–water partition coefficient (Wildman–Crippen LogP) is 2.51. The molecule has 0 bridgehead atoms.